The fraction of sp³-hybridized carbons (Fsp3) is 0.438. The quantitative estimate of drug-likeness (QED) is 0.920. The number of morpholine rings is 1. The predicted molar refractivity (Wildman–Crippen MR) is 83.6 cm³/mol. The molecule has 2 aromatic rings. The molecular weight excluding hydrogens is 296 g/mol. The van der Waals surface area contributed by atoms with Crippen LogP contribution in [0, 0.1) is 13.8 Å². The van der Waals surface area contributed by atoms with Gasteiger partial charge in [0.2, 0.25) is 5.91 Å². The molecule has 3 rings (SSSR count). The number of nitrogen functional groups attached to an aromatic ring is 1. The van der Waals surface area contributed by atoms with Crippen LogP contribution >= 0.6 is 0 Å². The van der Waals surface area contributed by atoms with Gasteiger partial charge in [0.25, 0.3) is 0 Å². The minimum Gasteiger partial charge on any atom is -0.384 e. The molecule has 3 heterocycles. The third-order valence-electron chi connectivity index (χ3n) is 4.05. The second kappa shape index (κ2) is 6.37. The van der Waals surface area contributed by atoms with E-state index in [1.54, 1.807) is 11.0 Å². The van der Waals surface area contributed by atoms with E-state index in [9.17, 15) is 4.79 Å². The number of carbonyl (C=O) groups is 1. The third kappa shape index (κ3) is 3.34. The number of hydrogen-bond acceptors (Lipinski definition) is 6. The van der Waals surface area contributed by atoms with Gasteiger partial charge in [-0.05, 0) is 26.0 Å². The standard InChI is InChI=1S/C16H20N4O3/c1-10-12(11(2)23-19-10)8-16(21)20-6-7-22-14(9-20)13-4-3-5-15(17)18-13/h3-5,14H,6-9H2,1-2H3,(H2,17,18). The van der Waals surface area contributed by atoms with Crippen molar-refractivity contribution in [1.29, 1.82) is 0 Å². The van der Waals surface area contributed by atoms with Crippen molar-refractivity contribution in [1.82, 2.24) is 15.0 Å². The molecule has 1 aliphatic rings. The Morgan fingerprint density at radius 1 is 1.43 bits per heavy atom. The van der Waals surface area contributed by atoms with Gasteiger partial charge in [-0.25, -0.2) is 4.98 Å². The van der Waals surface area contributed by atoms with Crippen LogP contribution in [-0.2, 0) is 16.0 Å². The van der Waals surface area contributed by atoms with E-state index < -0.39 is 0 Å². The van der Waals surface area contributed by atoms with E-state index in [0.717, 1.165) is 17.0 Å². The van der Waals surface area contributed by atoms with E-state index >= 15 is 0 Å². The van der Waals surface area contributed by atoms with Crippen LogP contribution in [0.3, 0.4) is 0 Å². The van der Waals surface area contributed by atoms with Crippen LogP contribution in [0.4, 0.5) is 5.82 Å². The van der Waals surface area contributed by atoms with E-state index in [2.05, 4.69) is 10.1 Å². The first-order valence-electron chi connectivity index (χ1n) is 7.58. The van der Waals surface area contributed by atoms with Gasteiger partial charge >= 0.3 is 0 Å². The third-order valence-corrected chi connectivity index (χ3v) is 4.05. The van der Waals surface area contributed by atoms with E-state index in [4.69, 9.17) is 15.0 Å². The minimum atomic E-state index is -0.249. The Balaban J connectivity index is 1.70. The molecule has 23 heavy (non-hydrogen) atoms. The molecule has 7 heteroatoms. The van der Waals surface area contributed by atoms with E-state index in [0.29, 0.717) is 31.3 Å². The summed E-state index contributed by atoms with van der Waals surface area (Å²) in [6, 6.07) is 5.43. The van der Waals surface area contributed by atoms with Crippen molar-refractivity contribution in [3.63, 3.8) is 0 Å². The Hall–Kier alpha value is -2.41. The van der Waals surface area contributed by atoms with Gasteiger partial charge in [-0.15, -0.1) is 0 Å². The van der Waals surface area contributed by atoms with Crippen molar-refractivity contribution in [2.45, 2.75) is 26.4 Å². The zero-order valence-corrected chi connectivity index (χ0v) is 13.3. The lowest BCUT2D eigenvalue weighted by atomic mass is 10.1. The molecule has 1 aliphatic heterocycles. The summed E-state index contributed by atoms with van der Waals surface area (Å²) in [5.74, 6) is 1.18. The van der Waals surface area contributed by atoms with Crippen molar-refractivity contribution < 1.29 is 14.1 Å². The van der Waals surface area contributed by atoms with Crippen LogP contribution in [-0.4, -0.2) is 40.6 Å². The van der Waals surface area contributed by atoms with Crippen molar-refractivity contribution in [3.8, 4) is 0 Å². The molecule has 7 nitrogen and oxygen atoms in total. The summed E-state index contributed by atoms with van der Waals surface area (Å²) in [6.07, 6.45) is 0.0407. The molecule has 122 valence electrons. The highest BCUT2D eigenvalue weighted by Crippen LogP contribution is 2.22. The van der Waals surface area contributed by atoms with Gasteiger partial charge in [0.05, 0.1) is 31.0 Å². The number of amides is 1. The molecule has 0 spiro atoms. The number of ether oxygens (including phenoxy) is 1. The fourth-order valence-electron chi connectivity index (χ4n) is 2.72. The molecule has 0 aromatic carbocycles. The Morgan fingerprint density at radius 2 is 2.26 bits per heavy atom. The Labute approximate surface area is 134 Å². The van der Waals surface area contributed by atoms with Gasteiger partial charge in [0.1, 0.15) is 17.7 Å². The largest absolute Gasteiger partial charge is 0.384 e. The van der Waals surface area contributed by atoms with Crippen molar-refractivity contribution >= 4 is 11.7 Å². The summed E-state index contributed by atoms with van der Waals surface area (Å²) in [4.78, 5) is 18.7. The van der Waals surface area contributed by atoms with Crippen molar-refractivity contribution in [2.75, 3.05) is 25.4 Å². The van der Waals surface area contributed by atoms with Gasteiger partial charge < -0.3 is 19.9 Å². The SMILES string of the molecule is Cc1noc(C)c1CC(=O)N1CCOC(c2cccc(N)n2)C1. The molecule has 1 unspecified atom stereocenters. The molecule has 1 amide bonds. The van der Waals surface area contributed by atoms with Crippen LogP contribution in [0.1, 0.15) is 28.8 Å². The van der Waals surface area contributed by atoms with E-state index in [1.807, 2.05) is 26.0 Å². The number of nitrogens with zero attached hydrogens (tertiary/aromatic N) is 3. The highest BCUT2D eigenvalue weighted by Gasteiger charge is 2.27. The lowest BCUT2D eigenvalue weighted by molar-refractivity contribution is -0.138. The Kier molecular flexibility index (Phi) is 4.29. The summed E-state index contributed by atoms with van der Waals surface area (Å²) in [5.41, 5.74) is 8.09. The van der Waals surface area contributed by atoms with Crippen molar-refractivity contribution in [2.24, 2.45) is 0 Å². The zero-order chi connectivity index (χ0) is 16.4. The fourth-order valence-corrected chi connectivity index (χ4v) is 2.72. The van der Waals surface area contributed by atoms with E-state index in [-0.39, 0.29) is 18.4 Å². The van der Waals surface area contributed by atoms with Crippen LogP contribution in [0.15, 0.2) is 22.7 Å². The minimum absolute atomic E-state index is 0.0385. The van der Waals surface area contributed by atoms with Gasteiger partial charge in [0, 0.05) is 12.1 Å². The second-order valence-electron chi connectivity index (χ2n) is 5.67. The van der Waals surface area contributed by atoms with Crippen LogP contribution < -0.4 is 5.73 Å². The molecule has 0 aliphatic carbocycles. The molecule has 0 bridgehead atoms. The molecule has 2 aromatic heterocycles. The predicted octanol–water partition coefficient (Wildman–Crippen LogP) is 1.41. The normalized spacial score (nSPS) is 18.2. The first-order chi connectivity index (χ1) is 11.0. The van der Waals surface area contributed by atoms with E-state index in [1.165, 1.54) is 0 Å². The summed E-state index contributed by atoms with van der Waals surface area (Å²) >= 11 is 0. The van der Waals surface area contributed by atoms with Crippen LogP contribution in [0.25, 0.3) is 0 Å². The van der Waals surface area contributed by atoms with Crippen LogP contribution in [0.5, 0.6) is 0 Å². The average Bonchev–Trinajstić information content (AvgIpc) is 2.87. The maximum absolute atomic E-state index is 12.6. The topological polar surface area (TPSA) is 94.5 Å². The van der Waals surface area contributed by atoms with Gasteiger partial charge in [0.15, 0.2) is 0 Å². The maximum atomic E-state index is 12.6. The van der Waals surface area contributed by atoms with Gasteiger partial charge in [-0.3, -0.25) is 4.79 Å². The zero-order valence-electron chi connectivity index (χ0n) is 13.3. The maximum Gasteiger partial charge on any atom is 0.227 e. The molecule has 2 N–H and O–H groups in total. The molecule has 0 saturated carbocycles. The first kappa shape index (κ1) is 15.5. The van der Waals surface area contributed by atoms with Crippen molar-refractivity contribution in [3.05, 3.63) is 40.9 Å². The summed E-state index contributed by atoms with van der Waals surface area (Å²) in [5, 5.41) is 3.89. The lowest BCUT2D eigenvalue weighted by Gasteiger charge is -2.32. The monoisotopic (exact) mass is 316 g/mol. The Bertz CT molecular complexity index is 694. The van der Waals surface area contributed by atoms with Crippen LogP contribution in [0.2, 0.25) is 0 Å². The summed E-state index contributed by atoms with van der Waals surface area (Å²) < 4.78 is 10.9. The van der Waals surface area contributed by atoms with Gasteiger partial charge in [-0.2, -0.15) is 0 Å². The molecule has 0 radical (unpaired) electrons. The number of aromatic nitrogens is 2. The molecular formula is C16H20N4O3. The summed E-state index contributed by atoms with van der Waals surface area (Å²) in [6.45, 7) is 5.19. The number of anilines is 1. The highest BCUT2D eigenvalue weighted by atomic mass is 16.5. The summed E-state index contributed by atoms with van der Waals surface area (Å²) in [7, 11) is 0. The molecule has 1 atom stereocenters. The first-order valence-corrected chi connectivity index (χ1v) is 7.58. The smallest absolute Gasteiger partial charge is 0.227 e. The average molecular weight is 316 g/mol. The highest BCUT2D eigenvalue weighted by molar-refractivity contribution is 5.79. The number of carbonyl (C=O) groups excluding carboxylic acids is 1. The number of hydrogen-bond donors (Lipinski definition) is 1. The molecule has 1 saturated heterocycles. The molecule has 1 fully saturated rings. The number of aryl methyl sites for hydroxylation is 2. The second-order valence-corrected chi connectivity index (χ2v) is 5.67. The number of rotatable bonds is 3. The Morgan fingerprint density at radius 3 is 2.96 bits per heavy atom. The number of pyridine rings is 1. The lowest BCUT2D eigenvalue weighted by Crippen LogP contribution is -2.43. The number of nitrogens with two attached hydrogens (primary N) is 1. The van der Waals surface area contributed by atoms with Gasteiger partial charge in [-0.1, -0.05) is 11.2 Å².